The topological polar surface area (TPSA) is 78.9 Å². The quantitative estimate of drug-likeness (QED) is 0.733. The third-order valence-electron chi connectivity index (χ3n) is 3.35. The molecule has 1 amide bonds. The van der Waals surface area contributed by atoms with E-state index < -0.39 is 5.91 Å². The van der Waals surface area contributed by atoms with Gasteiger partial charge in [0.05, 0.1) is 20.4 Å². The Morgan fingerprint density at radius 2 is 2.04 bits per heavy atom. The second-order valence-electron chi connectivity index (χ2n) is 4.57. The Bertz CT molecular complexity index is 909. The summed E-state index contributed by atoms with van der Waals surface area (Å²) in [6.07, 6.45) is 1.41. The summed E-state index contributed by atoms with van der Waals surface area (Å²) in [5.41, 5.74) is 0.850. The van der Waals surface area contributed by atoms with Crippen molar-refractivity contribution in [1.29, 1.82) is 0 Å². The number of fused-ring (bicyclic) bond motifs is 1. The van der Waals surface area contributed by atoms with Crippen LogP contribution in [0.15, 0.2) is 33.9 Å². The van der Waals surface area contributed by atoms with Gasteiger partial charge in [0.2, 0.25) is 5.76 Å². The number of nitrogens with zero attached hydrogens (tertiary/aromatic N) is 3. The van der Waals surface area contributed by atoms with E-state index in [0.29, 0.717) is 22.8 Å². The number of benzene rings is 1. The zero-order chi connectivity index (χ0) is 16.4. The Morgan fingerprint density at radius 1 is 1.30 bits per heavy atom. The molecule has 0 saturated carbocycles. The van der Waals surface area contributed by atoms with Crippen LogP contribution in [0.25, 0.3) is 10.2 Å². The first kappa shape index (κ1) is 15.3. The van der Waals surface area contributed by atoms with Crippen LogP contribution in [0.2, 0.25) is 0 Å². The summed E-state index contributed by atoms with van der Waals surface area (Å²) < 4.78 is 18.5. The average Bonchev–Trinajstić information content (AvgIpc) is 3.21. The number of aromatic nitrogens is 2. The van der Waals surface area contributed by atoms with Gasteiger partial charge in [-0.3, -0.25) is 4.79 Å². The molecule has 8 heteroatoms. The maximum Gasteiger partial charge on any atom is 0.318 e. The van der Waals surface area contributed by atoms with Crippen molar-refractivity contribution in [2.75, 3.05) is 14.2 Å². The van der Waals surface area contributed by atoms with Crippen molar-refractivity contribution in [3.63, 3.8) is 0 Å². The van der Waals surface area contributed by atoms with Crippen LogP contribution in [-0.4, -0.2) is 29.9 Å². The van der Waals surface area contributed by atoms with Gasteiger partial charge in [0.15, 0.2) is 4.80 Å². The van der Waals surface area contributed by atoms with Crippen LogP contribution in [-0.2, 0) is 6.54 Å². The highest BCUT2D eigenvalue weighted by Crippen LogP contribution is 2.35. The number of hydrogen-bond donors (Lipinski definition) is 0. The summed E-state index contributed by atoms with van der Waals surface area (Å²) in [4.78, 5) is 16.9. The van der Waals surface area contributed by atoms with E-state index in [4.69, 9.17) is 14.0 Å². The van der Waals surface area contributed by atoms with Crippen LogP contribution in [0.4, 0.5) is 0 Å². The number of methoxy groups -OCH3 is 2. The molecule has 0 atom stereocenters. The zero-order valence-corrected chi connectivity index (χ0v) is 13.7. The number of carbonyl (C=O) groups is 1. The number of carbonyl (C=O) groups excluding carboxylic acids is 1. The molecule has 23 heavy (non-hydrogen) atoms. The smallest absolute Gasteiger partial charge is 0.318 e. The molecule has 3 aromatic rings. The van der Waals surface area contributed by atoms with Gasteiger partial charge >= 0.3 is 5.91 Å². The number of hydrogen-bond acceptors (Lipinski definition) is 6. The highest BCUT2D eigenvalue weighted by Gasteiger charge is 2.16. The van der Waals surface area contributed by atoms with Crippen LogP contribution in [0.5, 0.6) is 11.5 Å². The van der Waals surface area contributed by atoms with Gasteiger partial charge in [0.25, 0.3) is 0 Å². The second-order valence-corrected chi connectivity index (χ2v) is 5.55. The van der Waals surface area contributed by atoms with Crippen LogP contribution >= 0.6 is 11.3 Å². The molecule has 120 valence electrons. The van der Waals surface area contributed by atoms with E-state index in [1.54, 1.807) is 14.2 Å². The number of rotatable bonds is 4. The van der Waals surface area contributed by atoms with Gasteiger partial charge in [0.1, 0.15) is 21.7 Å². The summed E-state index contributed by atoms with van der Waals surface area (Å²) in [6, 6.07) is 5.15. The van der Waals surface area contributed by atoms with Crippen molar-refractivity contribution >= 4 is 27.5 Å². The lowest BCUT2D eigenvalue weighted by atomic mass is 10.3. The molecule has 0 radical (unpaired) electrons. The first-order chi connectivity index (χ1) is 11.2. The molecule has 0 N–H and O–H groups in total. The zero-order valence-electron chi connectivity index (χ0n) is 12.9. The van der Waals surface area contributed by atoms with E-state index in [1.165, 1.54) is 23.6 Å². The van der Waals surface area contributed by atoms with E-state index in [9.17, 15) is 4.79 Å². The maximum absolute atomic E-state index is 12.2. The maximum atomic E-state index is 12.2. The highest BCUT2D eigenvalue weighted by atomic mass is 32.1. The molecular formula is C15H15N3O4S. The fourth-order valence-corrected chi connectivity index (χ4v) is 3.50. The Labute approximate surface area is 135 Å². The first-order valence-electron chi connectivity index (χ1n) is 6.93. The van der Waals surface area contributed by atoms with Crippen LogP contribution in [0, 0.1) is 0 Å². The van der Waals surface area contributed by atoms with Gasteiger partial charge in [-0.2, -0.15) is 4.99 Å². The fraction of sp³-hybridized carbons (Fsp3) is 0.267. The minimum Gasteiger partial charge on any atom is -0.495 e. The Balaban J connectivity index is 2.27. The molecule has 1 aromatic carbocycles. The van der Waals surface area contributed by atoms with Gasteiger partial charge < -0.3 is 18.6 Å². The molecule has 0 spiro atoms. The fourth-order valence-electron chi connectivity index (χ4n) is 2.30. The number of ether oxygens (including phenoxy) is 2. The van der Waals surface area contributed by atoms with Gasteiger partial charge in [-0.1, -0.05) is 16.5 Å². The molecule has 0 fully saturated rings. The molecule has 0 bridgehead atoms. The molecule has 0 aliphatic heterocycles. The predicted molar refractivity (Wildman–Crippen MR) is 85.0 cm³/mol. The Kier molecular flexibility index (Phi) is 4.16. The van der Waals surface area contributed by atoms with E-state index in [-0.39, 0.29) is 5.76 Å². The first-order valence-corrected chi connectivity index (χ1v) is 7.75. The third kappa shape index (κ3) is 2.61. The van der Waals surface area contributed by atoms with Crippen LogP contribution in [0.1, 0.15) is 17.5 Å². The molecule has 0 aliphatic carbocycles. The van der Waals surface area contributed by atoms with Crippen molar-refractivity contribution in [1.82, 2.24) is 9.72 Å². The normalized spacial score (nSPS) is 11.9. The summed E-state index contributed by atoms with van der Waals surface area (Å²) in [5.74, 6) is 1.03. The SMILES string of the molecule is CCn1c(=NC(=O)c2ccno2)sc2c(OC)ccc(OC)c21. The number of aryl methyl sites for hydroxylation is 1. The van der Waals surface area contributed by atoms with E-state index in [0.717, 1.165) is 10.2 Å². The van der Waals surface area contributed by atoms with Crippen LogP contribution in [0.3, 0.4) is 0 Å². The molecule has 0 unspecified atom stereocenters. The van der Waals surface area contributed by atoms with Gasteiger partial charge in [0, 0.05) is 12.6 Å². The third-order valence-corrected chi connectivity index (χ3v) is 4.45. The molecule has 2 heterocycles. The standard InChI is InChI=1S/C15H15N3O4S/c1-4-18-12-9(20-2)5-6-10(21-3)13(12)23-15(18)17-14(19)11-7-8-16-22-11/h5-8H,4H2,1-3H3. The summed E-state index contributed by atoms with van der Waals surface area (Å²) in [7, 11) is 3.21. The summed E-state index contributed by atoms with van der Waals surface area (Å²) in [5, 5.41) is 3.53. The molecule has 7 nitrogen and oxygen atoms in total. The van der Waals surface area contributed by atoms with Gasteiger partial charge in [-0.15, -0.1) is 0 Å². The summed E-state index contributed by atoms with van der Waals surface area (Å²) in [6.45, 7) is 2.61. The van der Waals surface area contributed by atoms with Crippen molar-refractivity contribution in [2.24, 2.45) is 4.99 Å². The number of thiazole rings is 1. The van der Waals surface area contributed by atoms with Crippen molar-refractivity contribution in [3.8, 4) is 11.5 Å². The van der Waals surface area contributed by atoms with Crippen molar-refractivity contribution < 1.29 is 18.8 Å². The lowest BCUT2D eigenvalue weighted by Crippen LogP contribution is -2.16. The molecule has 0 aliphatic rings. The van der Waals surface area contributed by atoms with Gasteiger partial charge in [-0.05, 0) is 19.1 Å². The average molecular weight is 333 g/mol. The highest BCUT2D eigenvalue weighted by molar-refractivity contribution is 7.16. The Morgan fingerprint density at radius 3 is 2.65 bits per heavy atom. The number of amides is 1. The molecule has 2 aromatic heterocycles. The molecule has 0 saturated heterocycles. The van der Waals surface area contributed by atoms with Crippen molar-refractivity contribution in [2.45, 2.75) is 13.5 Å². The minimum absolute atomic E-state index is 0.101. The Hall–Kier alpha value is -2.61. The predicted octanol–water partition coefficient (Wildman–Crippen LogP) is 2.47. The van der Waals surface area contributed by atoms with E-state index in [2.05, 4.69) is 10.1 Å². The van der Waals surface area contributed by atoms with E-state index >= 15 is 0 Å². The molecular weight excluding hydrogens is 318 g/mol. The van der Waals surface area contributed by atoms with Crippen molar-refractivity contribution in [3.05, 3.63) is 35.0 Å². The van der Waals surface area contributed by atoms with Gasteiger partial charge in [-0.25, -0.2) is 0 Å². The summed E-state index contributed by atoms with van der Waals surface area (Å²) >= 11 is 1.36. The largest absolute Gasteiger partial charge is 0.495 e. The monoisotopic (exact) mass is 333 g/mol. The van der Waals surface area contributed by atoms with E-state index in [1.807, 2.05) is 23.6 Å². The second kappa shape index (κ2) is 6.25. The minimum atomic E-state index is -0.478. The lowest BCUT2D eigenvalue weighted by molar-refractivity contribution is 0.0962. The van der Waals surface area contributed by atoms with Crippen LogP contribution < -0.4 is 14.3 Å². The lowest BCUT2D eigenvalue weighted by Gasteiger charge is -2.08. The molecule has 3 rings (SSSR count).